The second-order valence-electron chi connectivity index (χ2n) is 8.72. The molecule has 0 aliphatic rings. The molecule has 0 fully saturated rings. The Balaban J connectivity index is 1.50. The zero-order chi connectivity index (χ0) is 26.0. The second kappa shape index (κ2) is 12.5. The zero-order valence-corrected chi connectivity index (χ0v) is 20.6. The molecule has 0 bridgehead atoms. The van der Waals surface area contributed by atoms with Crippen LogP contribution in [-0.2, 0) is 29.0 Å². The zero-order valence-electron chi connectivity index (χ0n) is 20.6. The Bertz CT molecular complexity index is 1400. The first kappa shape index (κ1) is 25.7. The average Bonchev–Trinajstić information content (AvgIpc) is 2.91. The number of carbonyl (C=O) groups excluding carboxylic acids is 2. The molecule has 37 heavy (non-hydrogen) atoms. The van der Waals surface area contributed by atoms with E-state index in [0.717, 1.165) is 41.3 Å². The van der Waals surface area contributed by atoms with Gasteiger partial charge in [0.25, 0.3) is 0 Å². The lowest BCUT2D eigenvalue weighted by Gasteiger charge is -2.18. The molecule has 7 heteroatoms. The molecule has 7 nitrogen and oxygen atoms in total. The van der Waals surface area contributed by atoms with Crippen LogP contribution in [0, 0.1) is 0 Å². The van der Waals surface area contributed by atoms with Crippen molar-refractivity contribution >= 4 is 23.0 Å². The Labute approximate surface area is 215 Å². The molecule has 4 aromatic rings. The van der Waals surface area contributed by atoms with E-state index in [1.165, 1.54) is 12.1 Å². The number of fused-ring (bicyclic) bond motifs is 1. The molecule has 0 saturated carbocycles. The van der Waals surface area contributed by atoms with Gasteiger partial charge < -0.3 is 19.2 Å². The number of rotatable bonds is 10. The summed E-state index contributed by atoms with van der Waals surface area (Å²) in [6, 6.07) is 24.0. The van der Waals surface area contributed by atoms with E-state index in [4.69, 9.17) is 13.9 Å². The maximum absolute atomic E-state index is 13.2. The van der Waals surface area contributed by atoms with Gasteiger partial charge in [-0.05, 0) is 41.7 Å². The van der Waals surface area contributed by atoms with Crippen LogP contribution < -0.4 is 15.7 Å². The first-order valence-corrected chi connectivity index (χ1v) is 12.3. The molecule has 1 atom stereocenters. The Morgan fingerprint density at radius 2 is 1.62 bits per heavy atom. The fraction of sp³-hybridized carbons (Fsp3) is 0.233. The molecule has 1 aromatic heterocycles. The number of hydrogen-bond donors (Lipinski definition) is 1. The van der Waals surface area contributed by atoms with E-state index in [2.05, 4.69) is 12.2 Å². The topological polar surface area (TPSA) is 94.8 Å². The van der Waals surface area contributed by atoms with E-state index in [1.807, 2.05) is 60.7 Å². The lowest BCUT2D eigenvalue weighted by Crippen LogP contribution is -2.44. The van der Waals surface area contributed by atoms with Gasteiger partial charge >= 0.3 is 17.7 Å². The van der Waals surface area contributed by atoms with E-state index >= 15 is 0 Å². The van der Waals surface area contributed by atoms with E-state index in [-0.39, 0.29) is 18.8 Å². The monoisotopic (exact) mass is 499 g/mol. The average molecular weight is 500 g/mol. The summed E-state index contributed by atoms with van der Waals surface area (Å²) >= 11 is 0. The number of ether oxygens (including phenoxy) is 2. The number of alkyl carbamates (subject to hydrolysis) is 1. The van der Waals surface area contributed by atoms with Gasteiger partial charge in [-0.1, -0.05) is 74.0 Å². The molecule has 1 amide bonds. The van der Waals surface area contributed by atoms with Gasteiger partial charge in [-0.15, -0.1) is 0 Å². The predicted octanol–water partition coefficient (Wildman–Crippen LogP) is 5.58. The molecule has 0 saturated heterocycles. The third kappa shape index (κ3) is 7.30. The maximum Gasteiger partial charge on any atom is 0.408 e. The molecule has 0 radical (unpaired) electrons. The molecule has 0 aliphatic heterocycles. The number of hydrogen-bond acceptors (Lipinski definition) is 6. The van der Waals surface area contributed by atoms with Crippen molar-refractivity contribution < 1.29 is 23.5 Å². The van der Waals surface area contributed by atoms with Gasteiger partial charge in [-0.2, -0.15) is 0 Å². The summed E-state index contributed by atoms with van der Waals surface area (Å²) in [6.45, 7) is 2.16. The van der Waals surface area contributed by atoms with Crippen molar-refractivity contribution in [2.75, 3.05) is 0 Å². The number of unbranched alkanes of at least 4 members (excludes halogenated alkanes) is 1. The first-order chi connectivity index (χ1) is 18.0. The highest BCUT2D eigenvalue weighted by molar-refractivity contribution is 5.85. The minimum absolute atomic E-state index is 0.0733. The predicted molar refractivity (Wildman–Crippen MR) is 140 cm³/mol. The molecule has 1 heterocycles. The van der Waals surface area contributed by atoms with Gasteiger partial charge in [0.05, 0.1) is 0 Å². The van der Waals surface area contributed by atoms with Crippen LogP contribution in [0.4, 0.5) is 4.79 Å². The highest BCUT2D eigenvalue weighted by Gasteiger charge is 2.24. The minimum Gasteiger partial charge on any atom is -0.445 e. The van der Waals surface area contributed by atoms with Crippen LogP contribution in [0.2, 0.25) is 0 Å². The largest absolute Gasteiger partial charge is 0.445 e. The molecule has 3 aromatic carbocycles. The van der Waals surface area contributed by atoms with Crippen molar-refractivity contribution in [1.29, 1.82) is 0 Å². The van der Waals surface area contributed by atoms with Crippen molar-refractivity contribution in [3.63, 3.8) is 0 Å². The van der Waals surface area contributed by atoms with E-state index in [9.17, 15) is 14.4 Å². The van der Waals surface area contributed by atoms with Crippen LogP contribution >= 0.6 is 0 Å². The minimum atomic E-state index is -0.996. The first-order valence-electron chi connectivity index (χ1n) is 12.3. The summed E-state index contributed by atoms with van der Waals surface area (Å²) in [4.78, 5) is 37.7. The quantitative estimate of drug-likeness (QED) is 0.174. The summed E-state index contributed by atoms with van der Waals surface area (Å²) < 4.78 is 16.3. The van der Waals surface area contributed by atoms with E-state index in [0.29, 0.717) is 5.58 Å². The van der Waals surface area contributed by atoms with Gasteiger partial charge in [0, 0.05) is 23.9 Å². The molecule has 4 rings (SSSR count). The molecular formula is C30H29NO6. The highest BCUT2D eigenvalue weighted by Crippen LogP contribution is 2.24. The molecule has 0 aliphatic carbocycles. The number of carbonyl (C=O) groups is 2. The number of aryl methyl sites for hydroxylation is 1. The summed E-state index contributed by atoms with van der Waals surface area (Å²) in [5, 5.41) is 3.43. The fourth-order valence-corrected chi connectivity index (χ4v) is 3.99. The number of esters is 1. The lowest BCUT2D eigenvalue weighted by molar-refractivity contribution is -0.136. The van der Waals surface area contributed by atoms with Crippen molar-refractivity contribution in [2.24, 2.45) is 0 Å². The summed E-state index contributed by atoms with van der Waals surface area (Å²) in [5.41, 5.74) is 2.47. The van der Waals surface area contributed by atoms with Gasteiger partial charge in [0.15, 0.2) is 0 Å². The van der Waals surface area contributed by atoms with Crippen molar-refractivity contribution in [3.8, 4) is 5.75 Å². The highest BCUT2D eigenvalue weighted by atomic mass is 16.6. The van der Waals surface area contributed by atoms with E-state index < -0.39 is 23.7 Å². The van der Waals surface area contributed by atoms with Gasteiger partial charge in [0.2, 0.25) is 0 Å². The maximum atomic E-state index is 13.2. The number of amides is 1. The summed E-state index contributed by atoms with van der Waals surface area (Å²) in [6.07, 6.45) is 2.19. The summed E-state index contributed by atoms with van der Waals surface area (Å²) in [7, 11) is 0. The number of nitrogens with one attached hydrogen (secondary N) is 1. The van der Waals surface area contributed by atoms with Crippen molar-refractivity contribution in [1.82, 2.24) is 5.32 Å². The van der Waals surface area contributed by atoms with Gasteiger partial charge in [-0.25, -0.2) is 14.4 Å². The molecule has 0 spiro atoms. The molecular weight excluding hydrogens is 470 g/mol. The number of benzene rings is 3. The fourth-order valence-electron chi connectivity index (χ4n) is 3.99. The molecule has 0 unspecified atom stereocenters. The Morgan fingerprint density at radius 1 is 0.919 bits per heavy atom. The smallest absolute Gasteiger partial charge is 0.408 e. The molecule has 190 valence electrons. The van der Waals surface area contributed by atoms with Crippen LogP contribution in [0.25, 0.3) is 11.0 Å². The normalized spacial score (nSPS) is 11.6. The second-order valence-corrected chi connectivity index (χ2v) is 8.72. The molecule has 1 N–H and O–H groups in total. The Kier molecular flexibility index (Phi) is 8.70. The van der Waals surface area contributed by atoms with Crippen LogP contribution in [0.5, 0.6) is 5.75 Å². The van der Waals surface area contributed by atoms with Gasteiger partial charge in [0.1, 0.15) is 24.0 Å². The lowest BCUT2D eigenvalue weighted by atomic mass is 10.0. The Morgan fingerprint density at radius 3 is 2.32 bits per heavy atom. The van der Waals surface area contributed by atoms with Crippen molar-refractivity contribution in [3.05, 3.63) is 112 Å². The Hall–Kier alpha value is -4.39. The summed E-state index contributed by atoms with van der Waals surface area (Å²) in [5.74, 6) is -0.449. The third-order valence-corrected chi connectivity index (χ3v) is 5.89. The third-order valence-electron chi connectivity index (χ3n) is 5.89. The SMILES string of the molecule is CCCCc1cc(=O)oc2cc(OC(=O)[C@H](Cc3ccccc3)NC(=O)OCc3ccccc3)ccc12. The van der Waals surface area contributed by atoms with Crippen LogP contribution in [0.15, 0.2) is 94.1 Å². The van der Waals surface area contributed by atoms with Gasteiger partial charge in [-0.3, -0.25) is 0 Å². The van der Waals surface area contributed by atoms with Crippen LogP contribution in [0.1, 0.15) is 36.5 Å². The van der Waals surface area contributed by atoms with Crippen molar-refractivity contribution in [2.45, 2.75) is 45.3 Å². The van der Waals surface area contributed by atoms with E-state index in [1.54, 1.807) is 12.1 Å². The standard InChI is InChI=1S/C30H29NO6/c1-2-3-14-23-18-28(32)37-27-19-24(15-16-25(23)27)36-29(33)26(17-21-10-6-4-7-11-21)31-30(34)35-20-22-12-8-5-9-13-22/h4-13,15-16,18-19,26H,2-3,14,17,20H2,1H3,(H,31,34)/t26-/m0/s1. The van der Waals surface area contributed by atoms with Crippen LogP contribution in [0.3, 0.4) is 0 Å². The van der Waals surface area contributed by atoms with Crippen LogP contribution in [-0.4, -0.2) is 18.1 Å².